The smallest absolute Gasteiger partial charge is 0.416 e. The summed E-state index contributed by atoms with van der Waals surface area (Å²) < 4.78 is 37.9. The van der Waals surface area contributed by atoms with Crippen LogP contribution >= 0.6 is 0 Å². The minimum Gasteiger partial charge on any atom is -0.634 e. The van der Waals surface area contributed by atoms with E-state index >= 15 is 0 Å². The van der Waals surface area contributed by atoms with E-state index in [4.69, 9.17) is 0 Å². The molecular weight excluding hydrogens is 399 g/mol. The summed E-state index contributed by atoms with van der Waals surface area (Å²) in [5, 5.41) is 12.2. The second-order valence-corrected chi connectivity index (χ2v) is 7.48. The summed E-state index contributed by atoms with van der Waals surface area (Å²) in [6.07, 6.45) is -2.19. The first-order valence-electron chi connectivity index (χ1n) is 10.2. The van der Waals surface area contributed by atoms with Crippen molar-refractivity contribution < 1.29 is 18.2 Å². The molecule has 0 amide bonds. The van der Waals surface area contributed by atoms with Crippen LogP contribution in [0.3, 0.4) is 0 Å². The number of nitrogens with one attached hydrogen (secondary N) is 1. The van der Waals surface area contributed by atoms with Gasteiger partial charge >= 0.3 is 6.18 Å². The van der Waals surface area contributed by atoms with Crippen molar-refractivity contribution in [2.24, 2.45) is 0 Å². The molecule has 0 fully saturated rings. The van der Waals surface area contributed by atoms with Gasteiger partial charge in [0.1, 0.15) is 13.1 Å². The van der Waals surface area contributed by atoms with Crippen molar-refractivity contribution in [2.75, 3.05) is 0 Å². The van der Waals surface area contributed by atoms with Crippen LogP contribution in [0.4, 0.5) is 13.2 Å². The Kier molecular flexibility index (Phi) is 7.51. The third-order valence-electron chi connectivity index (χ3n) is 4.88. The molecule has 3 rings (SSSR count). The van der Waals surface area contributed by atoms with E-state index in [9.17, 15) is 18.4 Å². The van der Waals surface area contributed by atoms with Gasteiger partial charge in [0.25, 0.3) is 0 Å². The minimum atomic E-state index is -4.37. The predicted molar refractivity (Wildman–Crippen MR) is 116 cm³/mol. The fourth-order valence-electron chi connectivity index (χ4n) is 3.22. The molecule has 0 spiro atoms. The van der Waals surface area contributed by atoms with E-state index in [2.05, 4.69) is 30.9 Å². The van der Waals surface area contributed by atoms with Gasteiger partial charge in [0.2, 0.25) is 0 Å². The van der Waals surface area contributed by atoms with Gasteiger partial charge in [-0.1, -0.05) is 61.6 Å². The molecule has 0 heterocycles. The zero-order chi connectivity index (χ0) is 22.3. The normalized spacial score (nSPS) is 12.2. The third-order valence-corrected chi connectivity index (χ3v) is 4.88. The molecule has 0 aliphatic rings. The van der Waals surface area contributed by atoms with Crippen LogP contribution in [0.2, 0.25) is 0 Å². The van der Waals surface area contributed by atoms with Gasteiger partial charge in [0, 0.05) is 22.3 Å². The highest BCUT2D eigenvalue weighted by atomic mass is 19.4. The molecule has 160 valence electrons. The summed E-state index contributed by atoms with van der Waals surface area (Å²) in [5.74, 6) is 6.26. The number of quaternary nitrogens is 1. The molecule has 2 nitrogen and oxygen atoms in total. The van der Waals surface area contributed by atoms with Crippen LogP contribution in [0.5, 0.6) is 0 Å². The Morgan fingerprint density at radius 3 is 1.55 bits per heavy atom. The lowest BCUT2D eigenvalue weighted by molar-refractivity contribution is -0.876. The van der Waals surface area contributed by atoms with E-state index in [0.29, 0.717) is 5.56 Å². The van der Waals surface area contributed by atoms with Gasteiger partial charge in [-0.2, -0.15) is 13.2 Å². The van der Waals surface area contributed by atoms with Crippen molar-refractivity contribution in [3.8, 4) is 11.8 Å². The van der Waals surface area contributed by atoms with Gasteiger partial charge in [0.05, 0.1) is 5.56 Å². The van der Waals surface area contributed by atoms with Crippen molar-refractivity contribution in [1.82, 2.24) is 0 Å². The van der Waals surface area contributed by atoms with Gasteiger partial charge in [0.15, 0.2) is 0 Å². The number of alkyl halides is 3. The Hall–Kier alpha value is -3.07. The molecule has 5 heteroatoms. The molecular formula is C26H24F3NO. The predicted octanol–water partition coefficient (Wildman–Crippen LogP) is 5.14. The van der Waals surface area contributed by atoms with E-state index in [0.717, 1.165) is 41.7 Å². The monoisotopic (exact) mass is 423 g/mol. The largest absolute Gasteiger partial charge is 0.634 e. The summed E-state index contributed by atoms with van der Waals surface area (Å²) in [6, 6.07) is 20.4. The average Bonchev–Trinajstić information content (AvgIpc) is 2.74. The van der Waals surface area contributed by atoms with E-state index < -0.39 is 11.7 Å². The number of aryl methyl sites for hydroxylation is 1. The van der Waals surface area contributed by atoms with Gasteiger partial charge in [-0.15, -0.1) is 0 Å². The first kappa shape index (κ1) is 22.6. The lowest BCUT2D eigenvalue weighted by Gasteiger charge is -2.22. The highest BCUT2D eigenvalue weighted by Gasteiger charge is 2.29. The van der Waals surface area contributed by atoms with Crippen molar-refractivity contribution in [3.63, 3.8) is 0 Å². The molecule has 0 saturated heterocycles. The summed E-state index contributed by atoms with van der Waals surface area (Å²) >= 11 is 0. The Morgan fingerprint density at radius 1 is 0.710 bits per heavy atom. The molecule has 0 aliphatic heterocycles. The second-order valence-electron chi connectivity index (χ2n) is 7.48. The number of halogens is 3. The van der Waals surface area contributed by atoms with Crippen molar-refractivity contribution in [1.29, 1.82) is 0 Å². The van der Waals surface area contributed by atoms with Crippen LogP contribution in [0.25, 0.3) is 0 Å². The summed E-state index contributed by atoms with van der Waals surface area (Å²) in [4.78, 5) is 0. The molecule has 0 aliphatic carbocycles. The highest BCUT2D eigenvalue weighted by molar-refractivity contribution is 5.44. The van der Waals surface area contributed by atoms with E-state index in [1.54, 1.807) is 0 Å². The lowest BCUT2D eigenvalue weighted by Crippen LogP contribution is -3.04. The number of rotatable bonds is 6. The van der Waals surface area contributed by atoms with Crippen LogP contribution in [-0.4, -0.2) is 0 Å². The summed E-state index contributed by atoms with van der Waals surface area (Å²) in [7, 11) is 0. The van der Waals surface area contributed by atoms with Crippen molar-refractivity contribution in [3.05, 3.63) is 111 Å². The van der Waals surface area contributed by atoms with Gasteiger partial charge < -0.3 is 10.3 Å². The van der Waals surface area contributed by atoms with E-state index in [1.807, 2.05) is 36.4 Å². The van der Waals surface area contributed by atoms with Gasteiger partial charge in [-0.3, -0.25) is 0 Å². The molecule has 31 heavy (non-hydrogen) atoms. The molecule has 3 aromatic rings. The molecule has 0 bridgehead atoms. The molecule has 3 aromatic carbocycles. The van der Waals surface area contributed by atoms with E-state index in [-0.39, 0.29) is 18.2 Å². The first-order chi connectivity index (χ1) is 14.8. The topological polar surface area (TPSA) is 27.5 Å². The summed E-state index contributed by atoms with van der Waals surface area (Å²) in [5.41, 5.74) is 3.83. The minimum absolute atomic E-state index is 0.0502. The third kappa shape index (κ3) is 6.99. The maximum Gasteiger partial charge on any atom is 0.416 e. The number of hydrogen-bond acceptors (Lipinski definition) is 1. The van der Waals surface area contributed by atoms with Crippen LogP contribution in [0.15, 0.2) is 72.8 Å². The fraction of sp³-hybridized carbons (Fsp3) is 0.231. The Bertz CT molecular complexity index is 1030. The highest BCUT2D eigenvalue weighted by Crippen LogP contribution is 2.28. The Balaban J connectivity index is 1.55. The van der Waals surface area contributed by atoms with Gasteiger partial charge in [-0.05, 0) is 48.4 Å². The fourth-order valence-corrected chi connectivity index (χ4v) is 3.22. The zero-order valence-electron chi connectivity index (χ0n) is 17.3. The van der Waals surface area contributed by atoms with Crippen LogP contribution < -0.4 is 5.06 Å². The second kappa shape index (κ2) is 10.3. The lowest BCUT2D eigenvalue weighted by atomic mass is 10.1. The van der Waals surface area contributed by atoms with Gasteiger partial charge in [-0.25, -0.2) is 0 Å². The summed E-state index contributed by atoms with van der Waals surface area (Å²) in [6.45, 7) is 2.49. The molecule has 0 saturated carbocycles. The average molecular weight is 423 g/mol. The maximum atomic E-state index is 12.6. The maximum absolute atomic E-state index is 12.6. The van der Waals surface area contributed by atoms with Crippen LogP contribution in [0, 0.1) is 17.0 Å². The van der Waals surface area contributed by atoms with E-state index in [1.165, 1.54) is 17.7 Å². The molecule has 1 N–H and O–H groups in total. The SMILES string of the molecule is CCCc1ccc(C#Cc2ccc(C[NH+]([O-])Cc3ccc(C(F)(F)F)cc3)cc2)cc1. The van der Waals surface area contributed by atoms with Crippen molar-refractivity contribution >= 4 is 0 Å². The molecule has 1 atom stereocenters. The number of hydroxylamine groups is 2. The molecule has 1 unspecified atom stereocenters. The number of hydrogen-bond donors (Lipinski definition) is 1. The standard InChI is InChI=1S/C26H24F3NO/c1-2-3-20-4-6-21(7-5-20)8-9-22-10-12-23(13-11-22)18-30(31)19-24-14-16-25(17-15-24)26(27,28)29/h4-7,10-17,30H,2-3,18-19H2,1H3. The zero-order valence-corrected chi connectivity index (χ0v) is 17.3. The van der Waals surface area contributed by atoms with Crippen LogP contribution in [-0.2, 0) is 25.7 Å². The number of benzene rings is 3. The Labute approximate surface area is 180 Å². The van der Waals surface area contributed by atoms with Crippen LogP contribution in [0.1, 0.15) is 46.7 Å². The first-order valence-corrected chi connectivity index (χ1v) is 10.2. The van der Waals surface area contributed by atoms with Crippen molar-refractivity contribution in [2.45, 2.75) is 39.0 Å². The molecule has 0 aromatic heterocycles. The quantitative estimate of drug-likeness (QED) is 0.431. The Morgan fingerprint density at radius 2 is 1.13 bits per heavy atom. The molecule has 0 radical (unpaired) electrons.